The van der Waals surface area contributed by atoms with Crippen LogP contribution in [0.25, 0.3) is 0 Å². The van der Waals surface area contributed by atoms with E-state index in [4.69, 9.17) is 5.73 Å². The van der Waals surface area contributed by atoms with Gasteiger partial charge < -0.3 is 5.73 Å². The summed E-state index contributed by atoms with van der Waals surface area (Å²) in [6.07, 6.45) is 3.88. The van der Waals surface area contributed by atoms with Gasteiger partial charge in [0.25, 0.3) is 5.69 Å². The van der Waals surface area contributed by atoms with Gasteiger partial charge in [-0.1, -0.05) is 13.3 Å². The monoisotopic (exact) mass is 223 g/mol. The third kappa shape index (κ3) is 3.00. The molecular formula is C11H17N3O2. The highest BCUT2D eigenvalue weighted by Crippen LogP contribution is 2.22. The number of rotatable bonds is 5. The molecule has 0 fully saturated rings. The second-order valence-corrected chi connectivity index (χ2v) is 3.93. The second kappa shape index (κ2) is 5.55. The summed E-state index contributed by atoms with van der Waals surface area (Å²) in [4.78, 5) is 14.6. The van der Waals surface area contributed by atoms with Gasteiger partial charge in [0, 0.05) is 24.2 Å². The molecule has 0 radical (unpaired) electrons. The van der Waals surface area contributed by atoms with Gasteiger partial charge in [-0.2, -0.15) is 0 Å². The van der Waals surface area contributed by atoms with Crippen LogP contribution in [0.1, 0.15) is 31.0 Å². The first kappa shape index (κ1) is 12.6. The highest BCUT2D eigenvalue weighted by atomic mass is 16.6. The summed E-state index contributed by atoms with van der Waals surface area (Å²) in [6, 6.07) is 1.59. The van der Waals surface area contributed by atoms with Crippen molar-refractivity contribution in [3.63, 3.8) is 0 Å². The maximum Gasteiger partial charge on any atom is 0.293 e. The van der Waals surface area contributed by atoms with Crippen LogP contribution in [0.3, 0.4) is 0 Å². The average molecular weight is 223 g/mol. The van der Waals surface area contributed by atoms with Crippen molar-refractivity contribution in [2.45, 2.75) is 39.2 Å². The standard InChI is InChI=1S/C11H17N3O2/c1-3-4-9(12)7-10-11(14(15)16)8(2)5-6-13-10/h5-6,9H,3-4,7,12H2,1-2H3. The fourth-order valence-electron chi connectivity index (χ4n) is 1.73. The molecule has 1 atom stereocenters. The highest BCUT2D eigenvalue weighted by Gasteiger charge is 2.19. The van der Waals surface area contributed by atoms with Crippen molar-refractivity contribution in [1.82, 2.24) is 4.98 Å². The van der Waals surface area contributed by atoms with Crippen molar-refractivity contribution in [3.8, 4) is 0 Å². The lowest BCUT2D eigenvalue weighted by Crippen LogP contribution is -2.23. The quantitative estimate of drug-likeness (QED) is 0.611. The maximum atomic E-state index is 10.9. The van der Waals surface area contributed by atoms with Gasteiger partial charge in [-0.25, -0.2) is 0 Å². The van der Waals surface area contributed by atoms with Crippen LogP contribution in [0.15, 0.2) is 12.3 Å². The van der Waals surface area contributed by atoms with E-state index in [0.717, 1.165) is 12.8 Å². The molecule has 1 rings (SSSR count). The predicted octanol–water partition coefficient (Wildman–Crippen LogP) is 1.97. The van der Waals surface area contributed by atoms with Gasteiger partial charge in [0.1, 0.15) is 5.69 Å². The van der Waals surface area contributed by atoms with E-state index in [0.29, 0.717) is 17.7 Å². The molecule has 0 saturated heterocycles. The summed E-state index contributed by atoms with van der Waals surface area (Å²) in [5, 5.41) is 10.9. The molecule has 0 saturated carbocycles. The minimum Gasteiger partial charge on any atom is -0.327 e. The van der Waals surface area contributed by atoms with Crippen LogP contribution in [0.4, 0.5) is 5.69 Å². The number of nitrogens with two attached hydrogens (primary N) is 1. The van der Waals surface area contributed by atoms with E-state index in [-0.39, 0.29) is 16.7 Å². The molecule has 16 heavy (non-hydrogen) atoms. The van der Waals surface area contributed by atoms with Gasteiger partial charge in [-0.05, 0) is 19.4 Å². The number of nitro groups is 1. The molecule has 1 aromatic heterocycles. The van der Waals surface area contributed by atoms with Gasteiger partial charge in [0.15, 0.2) is 0 Å². The minimum atomic E-state index is -0.379. The van der Waals surface area contributed by atoms with Crippen LogP contribution < -0.4 is 5.73 Å². The lowest BCUT2D eigenvalue weighted by atomic mass is 10.0. The molecule has 0 amide bonds. The topological polar surface area (TPSA) is 82.0 Å². The molecule has 1 unspecified atom stereocenters. The van der Waals surface area contributed by atoms with Gasteiger partial charge in [0.2, 0.25) is 0 Å². The third-order valence-corrected chi connectivity index (χ3v) is 2.50. The zero-order valence-corrected chi connectivity index (χ0v) is 9.64. The molecule has 0 aliphatic rings. The zero-order valence-electron chi connectivity index (χ0n) is 9.64. The Morgan fingerprint density at radius 3 is 2.88 bits per heavy atom. The molecule has 5 heteroatoms. The number of aromatic nitrogens is 1. The van der Waals surface area contributed by atoms with Crippen LogP contribution in [0, 0.1) is 17.0 Å². The average Bonchev–Trinajstić information content (AvgIpc) is 2.17. The van der Waals surface area contributed by atoms with E-state index in [1.54, 1.807) is 19.2 Å². The lowest BCUT2D eigenvalue weighted by Gasteiger charge is -2.10. The largest absolute Gasteiger partial charge is 0.327 e. The Balaban J connectivity index is 2.95. The first-order valence-electron chi connectivity index (χ1n) is 5.40. The SMILES string of the molecule is CCCC(N)Cc1nccc(C)c1[N+](=O)[O-]. The number of aryl methyl sites for hydroxylation is 1. The van der Waals surface area contributed by atoms with Gasteiger partial charge in [-0.15, -0.1) is 0 Å². The van der Waals surface area contributed by atoms with Gasteiger partial charge in [-0.3, -0.25) is 15.1 Å². The van der Waals surface area contributed by atoms with E-state index in [2.05, 4.69) is 4.98 Å². The van der Waals surface area contributed by atoms with E-state index >= 15 is 0 Å². The summed E-state index contributed by atoms with van der Waals surface area (Å²) < 4.78 is 0. The molecule has 5 nitrogen and oxygen atoms in total. The Bertz CT molecular complexity index is 379. The van der Waals surface area contributed by atoms with E-state index in [1.165, 1.54) is 0 Å². The summed E-state index contributed by atoms with van der Waals surface area (Å²) in [5.74, 6) is 0. The number of hydrogen-bond donors (Lipinski definition) is 1. The molecule has 88 valence electrons. The molecule has 0 aliphatic carbocycles. The van der Waals surface area contributed by atoms with Gasteiger partial charge >= 0.3 is 0 Å². The molecule has 0 spiro atoms. The Hall–Kier alpha value is -1.49. The summed E-state index contributed by atoms with van der Waals surface area (Å²) in [5.41, 5.74) is 7.11. The fraction of sp³-hybridized carbons (Fsp3) is 0.545. The second-order valence-electron chi connectivity index (χ2n) is 3.93. The van der Waals surface area contributed by atoms with Crippen LogP contribution in [-0.2, 0) is 6.42 Å². The minimum absolute atomic E-state index is 0.0574. The lowest BCUT2D eigenvalue weighted by molar-refractivity contribution is -0.386. The first-order valence-corrected chi connectivity index (χ1v) is 5.40. The van der Waals surface area contributed by atoms with Crippen LogP contribution in [0.5, 0.6) is 0 Å². The molecule has 0 bridgehead atoms. The van der Waals surface area contributed by atoms with Crippen molar-refractivity contribution < 1.29 is 4.92 Å². The van der Waals surface area contributed by atoms with Crippen LogP contribution in [0.2, 0.25) is 0 Å². The number of pyridine rings is 1. The molecule has 0 aromatic carbocycles. The Kier molecular flexibility index (Phi) is 4.37. The zero-order chi connectivity index (χ0) is 12.1. The number of nitrogens with zero attached hydrogens (tertiary/aromatic N) is 2. The van der Waals surface area contributed by atoms with E-state index in [9.17, 15) is 10.1 Å². The fourth-order valence-corrected chi connectivity index (χ4v) is 1.73. The Morgan fingerprint density at radius 1 is 1.62 bits per heavy atom. The van der Waals surface area contributed by atoms with Crippen molar-refractivity contribution in [1.29, 1.82) is 0 Å². The van der Waals surface area contributed by atoms with Crippen molar-refractivity contribution in [2.24, 2.45) is 5.73 Å². The van der Waals surface area contributed by atoms with E-state index in [1.807, 2.05) is 6.92 Å². The van der Waals surface area contributed by atoms with Crippen LogP contribution >= 0.6 is 0 Å². The Morgan fingerprint density at radius 2 is 2.31 bits per heavy atom. The normalized spacial score (nSPS) is 12.4. The smallest absolute Gasteiger partial charge is 0.293 e. The summed E-state index contributed by atoms with van der Waals surface area (Å²) in [7, 11) is 0. The third-order valence-electron chi connectivity index (χ3n) is 2.50. The van der Waals surface area contributed by atoms with Crippen LogP contribution in [-0.4, -0.2) is 15.9 Å². The number of hydrogen-bond acceptors (Lipinski definition) is 4. The molecule has 0 aliphatic heterocycles. The highest BCUT2D eigenvalue weighted by molar-refractivity contribution is 5.43. The predicted molar refractivity (Wildman–Crippen MR) is 62.2 cm³/mol. The van der Waals surface area contributed by atoms with Crippen molar-refractivity contribution in [3.05, 3.63) is 33.6 Å². The molecule has 2 N–H and O–H groups in total. The van der Waals surface area contributed by atoms with Crippen molar-refractivity contribution >= 4 is 5.69 Å². The molecule has 1 aromatic rings. The molecule has 1 heterocycles. The molecular weight excluding hydrogens is 206 g/mol. The summed E-state index contributed by atoms with van der Waals surface area (Å²) >= 11 is 0. The summed E-state index contributed by atoms with van der Waals surface area (Å²) in [6.45, 7) is 3.76. The maximum absolute atomic E-state index is 10.9. The Labute approximate surface area is 94.8 Å². The van der Waals surface area contributed by atoms with E-state index < -0.39 is 0 Å². The van der Waals surface area contributed by atoms with Crippen molar-refractivity contribution in [2.75, 3.05) is 0 Å². The van der Waals surface area contributed by atoms with Gasteiger partial charge in [0.05, 0.1) is 4.92 Å². The first-order chi connectivity index (χ1) is 7.56.